The van der Waals surface area contributed by atoms with E-state index in [-0.39, 0.29) is 5.54 Å². The molecule has 0 bridgehead atoms. The van der Waals surface area contributed by atoms with E-state index in [1.165, 1.54) is 15.8 Å². The molecule has 92 valence electrons. The van der Waals surface area contributed by atoms with Crippen molar-refractivity contribution in [1.82, 2.24) is 9.71 Å². The van der Waals surface area contributed by atoms with Crippen LogP contribution in [0.15, 0.2) is 16.5 Å². The van der Waals surface area contributed by atoms with Crippen molar-refractivity contribution >= 4 is 33.5 Å². The third-order valence-corrected chi connectivity index (χ3v) is 4.53. The van der Waals surface area contributed by atoms with Crippen molar-refractivity contribution in [2.24, 2.45) is 0 Å². The highest BCUT2D eigenvalue weighted by atomic mass is 32.2. The van der Waals surface area contributed by atoms with E-state index in [1.807, 2.05) is 0 Å². The van der Waals surface area contributed by atoms with Crippen molar-refractivity contribution < 1.29 is 0 Å². The first kappa shape index (κ1) is 12.9. The van der Waals surface area contributed by atoms with Crippen molar-refractivity contribution in [3.63, 3.8) is 0 Å². The summed E-state index contributed by atoms with van der Waals surface area (Å²) in [5, 5.41) is 0. The molecule has 0 saturated heterocycles. The molecule has 0 aliphatic carbocycles. The number of hydrogen-bond acceptors (Lipinski definition) is 4. The van der Waals surface area contributed by atoms with Crippen LogP contribution in [-0.2, 0) is 0 Å². The Hall–Kier alpha value is -0.580. The molecule has 2 aromatic rings. The minimum absolute atomic E-state index is 0.105. The number of nitrogens with zero attached hydrogens (tertiary/aromatic N) is 1. The van der Waals surface area contributed by atoms with E-state index in [0.717, 1.165) is 9.86 Å². The monoisotopic (exact) mass is 266 g/mol. The maximum atomic E-state index is 4.68. The summed E-state index contributed by atoms with van der Waals surface area (Å²) in [5.41, 5.74) is 3.81. The van der Waals surface area contributed by atoms with Gasteiger partial charge >= 0.3 is 0 Å². The van der Waals surface area contributed by atoms with Crippen LogP contribution in [0.25, 0.3) is 10.2 Å². The molecule has 2 rings (SSSR count). The molecule has 0 spiro atoms. The van der Waals surface area contributed by atoms with Crippen LogP contribution in [-0.4, -0.2) is 10.5 Å². The zero-order valence-electron chi connectivity index (χ0n) is 10.9. The summed E-state index contributed by atoms with van der Waals surface area (Å²) < 4.78 is 5.76. The summed E-state index contributed by atoms with van der Waals surface area (Å²) >= 11 is 3.38. The lowest BCUT2D eigenvalue weighted by molar-refractivity contribution is 0.535. The fourth-order valence-corrected chi connectivity index (χ4v) is 3.56. The maximum Gasteiger partial charge on any atom is 0.166 e. The molecule has 1 heterocycles. The third kappa shape index (κ3) is 3.21. The van der Waals surface area contributed by atoms with Crippen LogP contribution in [0.4, 0.5) is 0 Å². The smallest absolute Gasteiger partial charge is 0.166 e. The summed E-state index contributed by atoms with van der Waals surface area (Å²) in [6.07, 6.45) is 0. The highest BCUT2D eigenvalue weighted by molar-refractivity contribution is 7.99. The molecule has 1 aromatic heterocycles. The van der Waals surface area contributed by atoms with Crippen molar-refractivity contribution in [2.45, 2.75) is 44.5 Å². The molecule has 0 amide bonds. The number of hydrogen-bond donors (Lipinski definition) is 1. The molecule has 0 radical (unpaired) electrons. The normalized spacial score (nSPS) is 12.3. The summed E-state index contributed by atoms with van der Waals surface area (Å²) in [7, 11) is 0. The minimum atomic E-state index is 0.105. The van der Waals surface area contributed by atoms with Gasteiger partial charge in [-0.15, -0.1) is 11.3 Å². The van der Waals surface area contributed by atoms with Gasteiger partial charge in [0.2, 0.25) is 0 Å². The van der Waals surface area contributed by atoms with Gasteiger partial charge in [-0.3, -0.25) is 4.72 Å². The lowest BCUT2D eigenvalue weighted by atomic mass is 10.1. The number of thiazole rings is 1. The van der Waals surface area contributed by atoms with Gasteiger partial charge in [-0.05, 0) is 63.8 Å². The Morgan fingerprint density at radius 3 is 2.59 bits per heavy atom. The van der Waals surface area contributed by atoms with Crippen molar-refractivity contribution in [3.05, 3.63) is 23.3 Å². The van der Waals surface area contributed by atoms with Gasteiger partial charge in [-0.2, -0.15) is 0 Å². The largest absolute Gasteiger partial charge is 0.253 e. The van der Waals surface area contributed by atoms with E-state index in [2.05, 4.69) is 56.5 Å². The second-order valence-corrected chi connectivity index (χ2v) is 7.45. The van der Waals surface area contributed by atoms with Crippen molar-refractivity contribution in [2.75, 3.05) is 0 Å². The first-order valence-corrected chi connectivity index (χ1v) is 7.30. The molecule has 0 unspecified atom stereocenters. The van der Waals surface area contributed by atoms with Crippen LogP contribution in [0.2, 0.25) is 0 Å². The summed E-state index contributed by atoms with van der Waals surface area (Å²) in [6.45, 7) is 10.7. The average molecular weight is 266 g/mol. The van der Waals surface area contributed by atoms with Crippen LogP contribution in [0.1, 0.15) is 31.9 Å². The fraction of sp³-hybridized carbons (Fsp3) is 0.462. The predicted octanol–water partition coefficient (Wildman–Crippen LogP) is 4.31. The van der Waals surface area contributed by atoms with E-state index in [0.29, 0.717) is 0 Å². The first-order chi connectivity index (χ1) is 7.85. The predicted molar refractivity (Wildman–Crippen MR) is 77.8 cm³/mol. The zero-order chi connectivity index (χ0) is 12.6. The van der Waals surface area contributed by atoms with Gasteiger partial charge in [-0.25, -0.2) is 4.98 Å². The summed E-state index contributed by atoms with van der Waals surface area (Å²) in [5.74, 6) is 0. The van der Waals surface area contributed by atoms with E-state index in [9.17, 15) is 0 Å². The zero-order valence-corrected chi connectivity index (χ0v) is 12.6. The van der Waals surface area contributed by atoms with Crippen LogP contribution >= 0.6 is 23.3 Å². The van der Waals surface area contributed by atoms with E-state index < -0.39 is 0 Å². The highest BCUT2D eigenvalue weighted by Gasteiger charge is 2.12. The lowest BCUT2D eigenvalue weighted by Crippen LogP contribution is -2.29. The van der Waals surface area contributed by atoms with Crippen LogP contribution in [0, 0.1) is 13.8 Å². The molecule has 0 atom stereocenters. The molecular weight excluding hydrogens is 248 g/mol. The van der Waals surface area contributed by atoms with E-state index in [4.69, 9.17) is 0 Å². The summed E-state index contributed by atoms with van der Waals surface area (Å²) in [6, 6.07) is 4.40. The summed E-state index contributed by atoms with van der Waals surface area (Å²) in [4.78, 5) is 4.68. The van der Waals surface area contributed by atoms with Crippen molar-refractivity contribution in [1.29, 1.82) is 0 Å². The molecule has 17 heavy (non-hydrogen) atoms. The Bertz CT molecular complexity index is 538. The second kappa shape index (κ2) is 4.59. The molecule has 1 N–H and O–H groups in total. The number of nitrogens with one attached hydrogen (secondary N) is 1. The Balaban J connectivity index is 2.29. The first-order valence-electron chi connectivity index (χ1n) is 5.67. The molecule has 2 nitrogen and oxygen atoms in total. The number of aromatic nitrogens is 1. The fourth-order valence-electron chi connectivity index (χ4n) is 1.59. The Kier molecular flexibility index (Phi) is 3.48. The van der Waals surface area contributed by atoms with Crippen LogP contribution < -0.4 is 4.72 Å². The standard InChI is InChI=1S/C13H18N2S2/c1-8-6-9(2)11-10(7-8)16-12(14-11)17-15-13(3,4)5/h6-7,15H,1-5H3. The Morgan fingerprint density at radius 2 is 1.94 bits per heavy atom. The molecule has 0 fully saturated rings. The second-order valence-electron chi connectivity index (χ2n) is 5.36. The van der Waals surface area contributed by atoms with Gasteiger partial charge in [0.1, 0.15) is 0 Å². The Morgan fingerprint density at radius 1 is 1.24 bits per heavy atom. The average Bonchev–Trinajstić information content (AvgIpc) is 2.56. The molecule has 0 aliphatic rings. The molecule has 0 aliphatic heterocycles. The van der Waals surface area contributed by atoms with E-state index in [1.54, 1.807) is 23.3 Å². The topological polar surface area (TPSA) is 24.9 Å². The molecule has 1 aromatic carbocycles. The van der Waals surface area contributed by atoms with Gasteiger partial charge in [-0.1, -0.05) is 6.07 Å². The number of benzene rings is 1. The number of aryl methyl sites for hydroxylation is 2. The van der Waals surface area contributed by atoms with Gasteiger partial charge in [0.05, 0.1) is 10.2 Å². The van der Waals surface area contributed by atoms with Crippen molar-refractivity contribution in [3.8, 4) is 0 Å². The van der Waals surface area contributed by atoms with Gasteiger partial charge in [0.15, 0.2) is 4.34 Å². The highest BCUT2D eigenvalue weighted by Crippen LogP contribution is 2.31. The Labute approximate surface area is 111 Å². The maximum absolute atomic E-state index is 4.68. The van der Waals surface area contributed by atoms with Gasteiger partial charge < -0.3 is 0 Å². The molecular formula is C13H18N2S2. The molecule has 0 saturated carbocycles. The molecule has 4 heteroatoms. The third-order valence-electron chi connectivity index (χ3n) is 2.25. The minimum Gasteiger partial charge on any atom is -0.253 e. The SMILES string of the molecule is Cc1cc(C)c2nc(SNC(C)(C)C)sc2c1. The quantitative estimate of drug-likeness (QED) is 0.820. The lowest BCUT2D eigenvalue weighted by Gasteiger charge is -2.17. The number of fused-ring (bicyclic) bond motifs is 1. The number of rotatable bonds is 2. The van der Waals surface area contributed by atoms with Gasteiger partial charge in [0.25, 0.3) is 0 Å². The van der Waals surface area contributed by atoms with Crippen LogP contribution in [0.3, 0.4) is 0 Å². The van der Waals surface area contributed by atoms with E-state index >= 15 is 0 Å². The van der Waals surface area contributed by atoms with Crippen LogP contribution in [0.5, 0.6) is 0 Å². The van der Waals surface area contributed by atoms with Gasteiger partial charge in [0, 0.05) is 5.54 Å².